The zero-order valence-electron chi connectivity index (χ0n) is 31.9. The summed E-state index contributed by atoms with van der Waals surface area (Å²) in [7, 11) is 0. The van der Waals surface area contributed by atoms with Crippen LogP contribution in [0.5, 0.6) is 0 Å². The van der Waals surface area contributed by atoms with Gasteiger partial charge in [0.25, 0.3) is 0 Å². The van der Waals surface area contributed by atoms with Crippen molar-refractivity contribution < 1.29 is 66.0 Å². The first-order valence-electron chi connectivity index (χ1n) is 18.6. The standard InChI is InChI=1S/4C10H9.2C4H7Si.2ClH.2Hf/c4*1-8-6-9-4-2-3-5-10(9)7-8;2*1-3-5-4-2;;;;/h4*2-7H,1H3;2*3-5H,1-2H2;2*1H;;/q;;;;;;;;2*+1/p-2. The second-order valence-corrected chi connectivity index (χ2v) is 59.6. The summed E-state index contributed by atoms with van der Waals surface area (Å²) >= 11 is -4.48. The number of hydrogen-bond acceptors (Lipinski definition) is 0. The molecule has 0 spiro atoms. The Morgan fingerprint density at radius 3 is 0.796 bits per heavy atom. The van der Waals surface area contributed by atoms with Gasteiger partial charge in [-0.2, -0.15) is 0 Å². The van der Waals surface area contributed by atoms with Gasteiger partial charge in [-0.1, -0.05) is 0 Å². The Bertz CT molecular complexity index is 1890. The summed E-state index contributed by atoms with van der Waals surface area (Å²) < 4.78 is 2.68. The van der Waals surface area contributed by atoms with Crippen LogP contribution < -0.4 is 24.8 Å². The normalized spacial score (nSPS) is 19.5. The molecule has 272 valence electrons. The molecule has 0 nitrogen and oxygen atoms in total. The molecule has 54 heavy (non-hydrogen) atoms. The molecular formula is C48H50Cl2Hf2Si2. The van der Waals surface area contributed by atoms with E-state index in [-0.39, 0.29) is 24.8 Å². The van der Waals surface area contributed by atoms with E-state index in [9.17, 15) is 0 Å². The van der Waals surface area contributed by atoms with Gasteiger partial charge in [-0.05, 0) is 0 Å². The second-order valence-electron chi connectivity index (χ2n) is 14.8. The van der Waals surface area contributed by atoms with E-state index >= 15 is 0 Å². The average Bonchev–Trinajstić information content (AvgIpc) is 3.88. The molecule has 4 aromatic carbocycles. The van der Waals surface area contributed by atoms with Gasteiger partial charge in [-0.3, -0.25) is 0 Å². The molecule has 4 unspecified atom stereocenters. The van der Waals surface area contributed by atoms with Gasteiger partial charge in [-0.15, -0.1) is 0 Å². The van der Waals surface area contributed by atoms with E-state index in [1.165, 1.54) is 22.3 Å². The van der Waals surface area contributed by atoms with Crippen molar-refractivity contribution >= 4 is 36.3 Å². The first-order valence-corrected chi connectivity index (χ1v) is 43.2. The Kier molecular flexibility index (Phi) is 14.8. The second kappa shape index (κ2) is 18.7. The van der Waals surface area contributed by atoms with Crippen LogP contribution in [0.15, 0.2) is 168 Å². The van der Waals surface area contributed by atoms with E-state index in [0.29, 0.717) is 14.7 Å². The van der Waals surface area contributed by atoms with Gasteiger partial charge in [0, 0.05) is 0 Å². The van der Waals surface area contributed by atoms with Crippen LogP contribution >= 0.6 is 0 Å². The molecule has 0 fully saturated rings. The minimum absolute atomic E-state index is 0. The molecule has 0 heterocycles. The smallest absolute Gasteiger partial charge is 1.00 e. The van der Waals surface area contributed by atoms with Crippen molar-refractivity contribution in [3.8, 4) is 0 Å². The molecule has 4 aliphatic rings. The van der Waals surface area contributed by atoms with Crippen LogP contribution in [0.1, 0.15) is 86.9 Å². The zero-order chi connectivity index (χ0) is 36.5. The summed E-state index contributed by atoms with van der Waals surface area (Å²) in [5.41, 5.74) is 27.6. The number of hydrogen-bond donors (Lipinski definition) is 0. The zero-order valence-corrected chi connectivity index (χ0v) is 42.9. The predicted octanol–water partition coefficient (Wildman–Crippen LogP) is 6.20. The molecule has 4 atom stereocenters. The van der Waals surface area contributed by atoms with Crippen molar-refractivity contribution in [3.63, 3.8) is 0 Å². The first kappa shape index (κ1) is 42.7. The van der Waals surface area contributed by atoms with E-state index in [0.717, 1.165) is 0 Å². The fourth-order valence-electron chi connectivity index (χ4n) is 9.53. The van der Waals surface area contributed by atoms with Crippen LogP contribution in [0.4, 0.5) is 0 Å². The number of halogens is 2. The molecule has 0 aromatic heterocycles. The number of benzene rings is 4. The Morgan fingerprint density at radius 2 is 0.593 bits per heavy atom. The van der Waals surface area contributed by atoms with Gasteiger partial charge in [0.05, 0.1) is 0 Å². The van der Waals surface area contributed by atoms with Gasteiger partial charge < -0.3 is 24.8 Å². The van der Waals surface area contributed by atoms with Crippen LogP contribution in [0.2, 0.25) is 0 Å². The fourth-order valence-corrected chi connectivity index (χ4v) is 75.4. The van der Waals surface area contributed by atoms with Crippen LogP contribution in [-0.4, -0.2) is 12.0 Å². The maximum absolute atomic E-state index is 4.26. The summed E-state index contributed by atoms with van der Waals surface area (Å²) in [6.45, 7) is 26.5. The van der Waals surface area contributed by atoms with Gasteiger partial charge >= 0.3 is 333 Å². The minimum Gasteiger partial charge on any atom is -1.00 e. The monoisotopic (exact) mass is 1110 g/mol. The number of fused-ring (bicyclic) bond motifs is 4. The topological polar surface area (TPSA) is 0 Å². The van der Waals surface area contributed by atoms with Crippen LogP contribution in [0.3, 0.4) is 0 Å². The van der Waals surface area contributed by atoms with Crippen molar-refractivity contribution in [2.45, 2.75) is 42.4 Å². The summed E-state index contributed by atoms with van der Waals surface area (Å²) in [4.78, 5) is 0. The molecule has 0 N–H and O–H groups in total. The maximum Gasteiger partial charge on any atom is -1.00 e. The minimum atomic E-state index is -2.24. The quantitative estimate of drug-likeness (QED) is 0.166. The van der Waals surface area contributed by atoms with E-state index in [2.05, 4.69) is 198 Å². The Morgan fingerprint density at radius 1 is 0.389 bits per heavy atom. The fraction of sp³-hybridized carbons (Fsp3) is 0.167. The molecule has 0 amide bonds. The SMILES string of the molecule is C=C[SiH](C=C)[Hf+]([CH]1C(C)=Cc2ccccc21)[CH]1C(C)=Cc2ccccc21.C=C[SiH](C=C)[Hf+]([CH]1C(C)=Cc2ccccc21)[CH]1C(C)=Cc2ccccc21.[Cl-].[Cl-]. The largest absolute Gasteiger partial charge is 1.00 e. The molecule has 0 saturated carbocycles. The molecule has 4 aliphatic carbocycles. The van der Waals surface area contributed by atoms with E-state index < -0.39 is 53.2 Å². The summed E-state index contributed by atoms with van der Waals surface area (Å²) in [6, 6.07) is 36.1. The maximum atomic E-state index is 4.26. The number of rotatable bonds is 10. The third kappa shape index (κ3) is 7.91. The molecular weight excluding hydrogens is 1060 g/mol. The Labute approximate surface area is 354 Å². The van der Waals surface area contributed by atoms with Crippen LogP contribution in [0.25, 0.3) is 24.3 Å². The summed E-state index contributed by atoms with van der Waals surface area (Å²) in [6.07, 6.45) is 9.73. The molecule has 8 rings (SSSR count). The Balaban J connectivity index is 0.000000200. The van der Waals surface area contributed by atoms with E-state index in [1.54, 1.807) is 44.5 Å². The van der Waals surface area contributed by atoms with Crippen molar-refractivity contribution in [2.24, 2.45) is 0 Å². The predicted molar refractivity (Wildman–Crippen MR) is 226 cm³/mol. The summed E-state index contributed by atoms with van der Waals surface area (Å²) in [5, 5.41) is 0. The average molecular weight is 1110 g/mol. The Hall–Kier alpha value is -2.45. The van der Waals surface area contributed by atoms with Gasteiger partial charge in [0.15, 0.2) is 0 Å². The molecule has 4 aromatic rings. The van der Waals surface area contributed by atoms with Crippen molar-refractivity contribution in [1.29, 1.82) is 0 Å². The molecule has 0 bridgehead atoms. The molecule has 0 radical (unpaired) electrons. The first-order chi connectivity index (χ1) is 25.3. The van der Waals surface area contributed by atoms with Crippen molar-refractivity contribution in [3.05, 3.63) is 213 Å². The molecule has 6 heteroatoms. The van der Waals surface area contributed by atoms with Crippen LogP contribution in [0, 0.1) is 0 Å². The van der Waals surface area contributed by atoms with Gasteiger partial charge in [0.1, 0.15) is 0 Å². The van der Waals surface area contributed by atoms with Gasteiger partial charge in [0.2, 0.25) is 0 Å². The van der Waals surface area contributed by atoms with Gasteiger partial charge in [-0.25, -0.2) is 0 Å². The third-order valence-corrected chi connectivity index (χ3v) is 73.5. The third-order valence-electron chi connectivity index (χ3n) is 11.7. The van der Waals surface area contributed by atoms with Crippen molar-refractivity contribution in [2.75, 3.05) is 0 Å². The van der Waals surface area contributed by atoms with Crippen molar-refractivity contribution in [1.82, 2.24) is 0 Å². The molecule has 0 saturated heterocycles. The molecule has 0 aliphatic heterocycles. The van der Waals surface area contributed by atoms with Crippen LogP contribution in [-0.2, 0) is 41.2 Å². The summed E-state index contributed by atoms with van der Waals surface area (Å²) in [5.74, 6) is -2.30. The number of allylic oxidation sites excluding steroid dienone is 4. The van der Waals surface area contributed by atoms with E-state index in [4.69, 9.17) is 0 Å². The van der Waals surface area contributed by atoms with E-state index in [1.807, 2.05) is 0 Å².